The van der Waals surface area contributed by atoms with Crippen LogP contribution in [0.2, 0.25) is 0 Å². The zero-order chi connectivity index (χ0) is 19.9. The lowest BCUT2D eigenvalue weighted by molar-refractivity contribution is 0.177. The molecule has 0 aromatic heterocycles. The predicted octanol–water partition coefficient (Wildman–Crippen LogP) is 4.52. The molecule has 3 rings (SSSR count). The van der Waals surface area contributed by atoms with Gasteiger partial charge in [0.05, 0.1) is 11.6 Å². The SMILES string of the molecule is C=CCOc1c(Br)cc(C(=S)N2CCN(Cc3ccccc3)CC2)cc1OC. The third-order valence-corrected chi connectivity index (χ3v) is 5.81. The van der Waals surface area contributed by atoms with Crippen molar-refractivity contribution in [2.75, 3.05) is 39.9 Å². The number of nitrogens with zero attached hydrogens (tertiary/aromatic N) is 2. The van der Waals surface area contributed by atoms with Gasteiger partial charge in [-0.1, -0.05) is 55.2 Å². The van der Waals surface area contributed by atoms with E-state index in [9.17, 15) is 0 Å². The van der Waals surface area contributed by atoms with Gasteiger partial charge in [0.2, 0.25) is 0 Å². The number of rotatable bonds is 7. The van der Waals surface area contributed by atoms with Gasteiger partial charge in [0.15, 0.2) is 11.5 Å². The van der Waals surface area contributed by atoms with Crippen LogP contribution in [0, 0.1) is 0 Å². The molecule has 2 aromatic carbocycles. The molecule has 4 nitrogen and oxygen atoms in total. The number of hydrogen-bond donors (Lipinski definition) is 0. The minimum Gasteiger partial charge on any atom is -0.493 e. The molecule has 0 saturated carbocycles. The Morgan fingerprint density at radius 1 is 1.18 bits per heavy atom. The summed E-state index contributed by atoms with van der Waals surface area (Å²) in [6.45, 7) is 8.91. The predicted molar refractivity (Wildman–Crippen MR) is 121 cm³/mol. The van der Waals surface area contributed by atoms with Crippen LogP contribution >= 0.6 is 28.1 Å². The second kappa shape index (κ2) is 10.0. The minimum atomic E-state index is 0.419. The van der Waals surface area contributed by atoms with Gasteiger partial charge in [-0.25, -0.2) is 0 Å². The molecule has 0 unspecified atom stereocenters. The van der Waals surface area contributed by atoms with Crippen LogP contribution in [-0.2, 0) is 6.54 Å². The van der Waals surface area contributed by atoms with Crippen molar-refractivity contribution in [3.8, 4) is 11.5 Å². The Morgan fingerprint density at radius 2 is 1.89 bits per heavy atom. The lowest BCUT2D eigenvalue weighted by Gasteiger charge is -2.36. The molecule has 0 bridgehead atoms. The summed E-state index contributed by atoms with van der Waals surface area (Å²) < 4.78 is 12.0. The smallest absolute Gasteiger partial charge is 0.175 e. The van der Waals surface area contributed by atoms with E-state index in [1.807, 2.05) is 12.1 Å². The van der Waals surface area contributed by atoms with Gasteiger partial charge in [-0.05, 0) is 33.6 Å². The van der Waals surface area contributed by atoms with Crippen LogP contribution < -0.4 is 9.47 Å². The number of hydrogen-bond acceptors (Lipinski definition) is 4. The molecule has 0 atom stereocenters. The minimum absolute atomic E-state index is 0.419. The van der Waals surface area contributed by atoms with Gasteiger partial charge in [-0.3, -0.25) is 4.90 Å². The molecule has 0 radical (unpaired) electrons. The zero-order valence-electron chi connectivity index (χ0n) is 16.1. The molecule has 2 aromatic rings. The van der Waals surface area contributed by atoms with E-state index in [1.165, 1.54) is 5.56 Å². The molecule has 1 aliphatic heterocycles. The average molecular weight is 461 g/mol. The molecule has 0 N–H and O–H groups in total. The summed E-state index contributed by atoms with van der Waals surface area (Å²) in [5.74, 6) is 1.33. The number of benzene rings is 2. The van der Waals surface area contributed by atoms with E-state index in [-0.39, 0.29) is 0 Å². The summed E-state index contributed by atoms with van der Waals surface area (Å²) in [5.41, 5.74) is 2.31. The van der Waals surface area contributed by atoms with Gasteiger partial charge < -0.3 is 14.4 Å². The summed E-state index contributed by atoms with van der Waals surface area (Å²) >= 11 is 9.36. The molecular weight excluding hydrogens is 436 g/mol. The van der Waals surface area contributed by atoms with Crippen LogP contribution in [0.3, 0.4) is 0 Å². The Bertz CT molecular complexity index is 821. The first kappa shape index (κ1) is 20.8. The number of methoxy groups -OCH3 is 1. The van der Waals surface area contributed by atoms with Crippen LogP contribution in [0.1, 0.15) is 11.1 Å². The van der Waals surface area contributed by atoms with Crippen molar-refractivity contribution in [1.29, 1.82) is 0 Å². The highest BCUT2D eigenvalue weighted by Crippen LogP contribution is 2.37. The lowest BCUT2D eigenvalue weighted by Crippen LogP contribution is -2.48. The molecule has 0 aliphatic carbocycles. The second-order valence-corrected chi connectivity index (χ2v) is 7.88. The number of piperazine rings is 1. The van der Waals surface area contributed by atoms with Crippen molar-refractivity contribution < 1.29 is 9.47 Å². The third-order valence-electron chi connectivity index (χ3n) is 4.73. The monoisotopic (exact) mass is 460 g/mol. The van der Waals surface area contributed by atoms with E-state index in [0.29, 0.717) is 18.1 Å². The second-order valence-electron chi connectivity index (χ2n) is 6.64. The van der Waals surface area contributed by atoms with Crippen molar-refractivity contribution in [3.05, 3.63) is 70.7 Å². The first-order chi connectivity index (χ1) is 13.6. The van der Waals surface area contributed by atoms with E-state index in [0.717, 1.165) is 47.7 Å². The highest BCUT2D eigenvalue weighted by molar-refractivity contribution is 9.10. The van der Waals surface area contributed by atoms with E-state index >= 15 is 0 Å². The van der Waals surface area contributed by atoms with Crippen molar-refractivity contribution >= 4 is 33.1 Å². The van der Waals surface area contributed by atoms with Gasteiger partial charge in [0, 0.05) is 38.3 Å². The van der Waals surface area contributed by atoms with Gasteiger partial charge in [-0.15, -0.1) is 0 Å². The van der Waals surface area contributed by atoms with Crippen molar-refractivity contribution in [2.24, 2.45) is 0 Å². The van der Waals surface area contributed by atoms with Gasteiger partial charge in [0.1, 0.15) is 11.6 Å². The molecule has 148 valence electrons. The lowest BCUT2D eigenvalue weighted by atomic mass is 10.1. The first-order valence-corrected chi connectivity index (χ1v) is 10.5. The van der Waals surface area contributed by atoms with Gasteiger partial charge in [0.25, 0.3) is 0 Å². The van der Waals surface area contributed by atoms with E-state index in [1.54, 1.807) is 13.2 Å². The molecule has 0 spiro atoms. The number of thiocarbonyl (C=S) groups is 1. The van der Waals surface area contributed by atoms with Crippen LogP contribution in [0.15, 0.2) is 59.6 Å². The fourth-order valence-corrected chi connectivity index (χ4v) is 4.12. The average Bonchev–Trinajstić information content (AvgIpc) is 2.73. The van der Waals surface area contributed by atoms with Crippen LogP contribution in [0.25, 0.3) is 0 Å². The maximum atomic E-state index is 5.78. The summed E-state index contributed by atoms with van der Waals surface area (Å²) in [5, 5.41) is 0. The van der Waals surface area contributed by atoms with E-state index < -0.39 is 0 Å². The maximum Gasteiger partial charge on any atom is 0.175 e. The molecule has 1 saturated heterocycles. The Morgan fingerprint density at radius 3 is 2.54 bits per heavy atom. The third kappa shape index (κ3) is 5.13. The Labute approximate surface area is 180 Å². The number of halogens is 1. The first-order valence-electron chi connectivity index (χ1n) is 9.29. The van der Waals surface area contributed by atoms with E-state index in [2.05, 4.69) is 62.6 Å². The molecule has 1 aliphatic rings. The molecular formula is C22H25BrN2O2S. The highest BCUT2D eigenvalue weighted by atomic mass is 79.9. The molecule has 1 fully saturated rings. The van der Waals surface area contributed by atoms with Crippen LogP contribution in [0.5, 0.6) is 11.5 Å². The summed E-state index contributed by atoms with van der Waals surface area (Å²) in [6.07, 6.45) is 1.71. The Kier molecular flexibility index (Phi) is 7.48. The topological polar surface area (TPSA) is 24.9 Å². The largest absolute Gasteiger partial charge is 0.493 e. The highest BCUT2D eigenvalue weighted by Gasteiger charge is 2.22. The van der Waals surface area contributed by atoms with E-state index in [4.69, 9.17) is 21.7 Å². The summed E-state index contributed by atoms with van der Waals surface area (Å²) in [6, 6.07) is 14.5. The van der Waals surface area contributed by atoms with Crippen molar-refractivity contribution in [3.63, 3.8) is 0 Å². The quantitative estimate of drug-likeness (QED) is 0.446. The zero-order valence-corrected chi connectivity index (χ0v) is 18.5. The molecule has 0 amide bonds. The fourth-order valence-electron chi connectivity index (χ4n) is 3.26. The molecule has 6 heteroatoms. The molecule has 28 heavy (non-hydrogen) atoms. The fraction of sp³-hybridized carbons (Fsp3) is 0.318. The summed E-state index contributed by atoms with van der Waals surface area (Å²) in [4.78, 5) is 5.58. The van der Waals surface area contributed by atoms with Crippen LogP contribution in [-0.4, -0.2) is 54.7 Å². The normalized spacial score (nSPS) is 14.6. The Hall–Kier alpha value is -1.89. The van der Waals surface area contributed by atoms with Gasteiger partial charge >= 0.3 is 0 Å². The van der Waals surface area contributed by atoms with Gasteiger partial charge in [-0.2, -0.15) is 0 Å². The van der Waals surface area contributed by atoms with Crippen molar-refractivity contribution in [1.82, 2.24) is 9.80 Å². The van der Waals surface area contributed by atoms with Crippen molar-refractivity contribution in [2.45, 2.75) is 6.54 Å². The standard InChI is InChI=1S/C22H25BrN2O2S/c1-3-13-27-21-19(23)14-18(15-20(21)26-2)22(28)25-11-9-24(10-12-25)16-17-7-5-4-6-8-17/h3-8,14-15H,1,9-13,16H2,2H3. The summed E-state index contributed by atoms with van der Waals surface area (Å²) in [7, 11) is 1.64. The number of ether oxygens (including phenoxy) is 2. The Balaban J connectivity index is 1.64. The maximum absolute atomic E-state index is 5.78. The molecule has 1 heterocycles. The van der Waals surface area contributed by atoms with Crippen LogP contribution in [0.4, 0.5) is 0 Å².